The largest absolute Gasteiger partial charge is 0.243 e. The third-order valence-corrected chi connectivity index (χ3v) is 5.89. The number of rotatable bonds is 3. The minimum Gasteiger partial charge on any atom is -0.243 e. The molecule has 0 N–H and O–H groups in total. The molecule has 3 heterocycles. The first-order chi connectivity index (χ1) is 13.3. The normalized spacial score (nSPS) is 11.3. The summed E-state index contributed by atoms with van der Waals surface area (Å²) >= 11 is 2.87. The van der Waals surface area contributed by atoms with Crippen molar-refractivity contribution in [1.29, 1.82) is 0 Å². The molecular weight excluding hydrogens is 379 g/mol. The first kappa shape index (κ1) is 16.3. The zero-order valence-corrected chi connectivity index (χ0v) is 15.5. The van der Waals surface area contributed by atoms with Crippen molar-refractivity contribution < 1.29 is 4.39 Å². The van der Waals surface area contributed by atoms with Crippen LogP contribution in [0.25, 0.3) is 32.6 Å². The Balaban J connectivity index is 1.63. The van der Waals surface area contributed by atoms with Crippen molar-refractivity contribution in [3.63, 3.8) is 0 Å². The van der Waals surface area contributed by atoms with E-state index in [2.05, 4.69) is 19.9 Å². The third kappa shape index (κ3) is 3.05. The Kier molecular flexibility index (Phi) is 4.03. The van der Waals surface area contributed by atoms with E-state index in [0.717, 1.165) is 37.5 Å². The lowest BCUT2D eigenvalue weighted by atomic mass is 10.1. The molecule has 0 spiro atoms. The van der Waals surface area contributed by atoms with E-state index in [1.807, 2.05) is 36.4 Å². The van der Waals surface area contributed by atoms with E-state index in [4.69, 9.17) is 0 Å². The molecular formula is C20H11FN4S2. The number of hydrogen-bond donors (Lipinski definition) is 0. The van der Waals surface area contributed by atoms with Crippen LogP contribution in [-0.4, -0.2) is 19.9 Å². The number of benzene rings is 2. The second-order valence-corrected chi connectivity index (χ2v) is 7.76. The molecule has 2 aromatic carbocycles. The topological polar surface area (TPSA) is 51.6 Å². The molecule has 7 heteroatoms. The average Bonchev–Trinajstić information content (AvgIpc) is 3.17. The van der Waals surface area contributed by atoms with Gasteiger partial charge in [0.15, 0.2) is 0 Å². The van der Waals surface area contributed by atoms with Crippen molar-refractivity contribution in [2.24, 2.45) is 0 Å². The van der Waals surface area contributed by atoms with Crippen molar-refractivity contribution in [2.45, 2.75) is 9.79 Å². The summed E-state index contributed by atoms with van der Waals surface area (Å²) < 4.78 is 14.0. The lowest BCUT2D eigenvalue weighted by Gasteiger charge is -2.08. The van der Waals surface area contributed by atoms with Gasteiger partial charge in [0.05, 0.1) is 27.9 Å². The van der Waals surface area contributed by atoms with Gasteiger partial charge in [-0.2, -0.15) is 0 Å². The standard InChI is InChI=1S/C20H11FN4S2/c21-14-3-1-2-4-18(14)27-12-5-6-15-13(9-12)19(23-10-22-15)16-7-8-17-20(25-16)26-11-24-17/h1-11H. The maximum Gasteiger partial charge on any atom is 0.143 e. The van der Waals surface area contributed by atoms with Crippen LogP contribution in [0.5, 0.6) is 0 Å². The number of thiazole rings is 1. The molecule has 4 nitrogen and oxygen atoms in total. The number of nitrogens with zero attached hydrogens (tertiary/aromatic N) is 4. The molecule has 5 aromatic rings. The van der Waals surface area contributed by atoms with Crippen LogP contribution in [0.1, 0.15) is 0 Å². The Hall–Kier alpha value is -2.90. The van der Waals surface area contributed by atoms with Gasteiger partial charge in [-0.15, -0.1) is 11.3 Å². The molecule has 0 aliphatic heterocycles. The number of fused-ring (bicyclic) bond motifs is 2. The Morgan fingerprint density at radius 2 is 1.78 bits per heavy atom. The second kappa shape index (κ2) is 6.68. The lowest BCUT2D eigenvalue weighted by Crippen LogP contribution is -1.92. The highest BCUT2D eigenvalue weighted by atomic mass is 32.2. The van der Waals surface area contributed by atoms with Crippen LogP contribution in [0.4, 0.5) is 4.39 Å². The fraction of sp³-hybridized carbons (Fsp3) is 0. The van der Waals surface area contributed by atoms with Crippen LogP contribution in [0, 0.1) is 5.82 Å². The average molecular weight is 390 g/mol. The molecule has 3 aromatic heterocycles. The molecule has 0 saturated carbocycles. The molecule has 0 amide bonds. The minimum absolute atomic E-state index is 0.232. The highest BCUT2D eigenvalue weighted by Crippen LogP contribution is 2.34. The van der Waals surface area contributed by atoms with E-state index < -0.39 is 0 Å². The fourth-order valence-electron chi connectivity index (χ4n) is 2.84. The summed E-state index contributed by atoms with van der Waals surface area (Å²) in [5.74, 6) is -0.232. The van der Waals surface area contributed by atoms with E-state index in [1.54, 1.807) is 24.0 Å². The number of aromatic nitrogens is 4. The SMILES string of the molecule is Fc1ccccc1Sc1ccc2ncnc(-c3ccc4ncsc4n3)c2c1. The summed E-state index contributed by atoms with van der Waals surface area (Å²) in [6.07, 6.45) is 1.54. The van der Waals surface area contributed by atoms with Crippen LogP contribution in [-0.2, 0) is 0 Å². The zero-order valence-electron chi connectivity index (χ0n) is 13.8. The summed E-state index contributed by atoms with van der Waals surface area (Å²) in [4.78, 5) is 20.1. The summed E-state index contributed by atoms with van der Waals surface area (Å²) in [5, 5.41) is 0.884. The van der Waals surface area contributed by atoms with Gasteiger partial charge in [-0.25, -0.2) is 24.3 Å². The number of halogens is 1. The first-order valence-corrected chi connectivity index (χ1v) is 9.85. The van der Waals surface area contributed by atoms with E-state index in [0.29, 0.717) is 4.90 Å². The first-order valence-electron chi connectivity index (χ1n) is 8.16. The molecule has 0 unspecified atom stereocenters. The van der Waals surface area contributed by atoms with Crippen molar-refractivity contribution in [1.82, 2.24) is 19.9 Å². The lowest BCUT2D eigenvalue weighted by molar-refractivity contribution is 0.602. The Morgan fingerprint density at radius 1 is 0.889 bits per heavy atom. The van der Waals surface area contributed by atoms with Gasteiger partial charge in [-0.05, 0) is 42.5 Å². The molecule has 130 valence electrons. The van der Waals surface area contributed by atoms with E-state index in [9.17, 15) is 4.39 Å². The number of hydrogen-bond acceptors (Lipinski definition) is 6. The Morgan fingerprint density at radius 3 is 2.70 bits per heavy atom. The van der Waals surface area contributed by atoms with Gasteiger partial charge in [0.2, 0.25) is 0 Å². The van der Waals surface area contributed by atoms with Gasteiger partial charge in [0.25, 0.3) is 0 Å². The summed E-state index contributed by atoms with van der Waals surface area (Å²) in [5.41, 5.74) is 5.00. The van der Waals surface area contributed by atoms with Crippen LogP contribution in [0.15, 0.2) is 76.2 Å². The quantitative estimate of drug-likeness (QED) is 0.402. The highest BCUT2D eigenvalue weighted by molar-refractivity contribution is 7.99. The molecule has 5 rings (SSSR count). The van der Waals surface area contributed by atoms with Crippen molar-refractivity contribution >= 4 is 44.3 Å². The summed E-state index contributed by atoms with van der Waals surface area (Å²) in [6, 6.07) is 16.5. The predicted octanol–water partition coefficient (Wildman–Crippen LogP) is 5.59. The molecule has 0 atom stereocenters. The zero-order chi connectivity index (χ0) is 18.2. The maximum atomic E-state index is 14.0. The van der Waals surface area contributed by atoms with Gasteiger partial charge in [-0.3, -0.25) is 0 Å². The van der Waals surface area contributed by atoms with E-state index >= 15 is 0 Å². The molecule has 0 bridgehead atoms. The van der Waals surface area contributed by atoms with Gasteiger partial charge >= 0.3 is 0 Å². The molecule has 0 fully saturated rings. The predicted molar refractivity (Wildman–Crippen MR) is 106 cm³/mol. The smallest absolute Gasteiger partial charge is 0.143 e. The maximum absolute atomic E-state index is 14.0. The van der Waals surface area contributed by atoms with Crippen LogP contribution < -0.4 is 0 Å². The molecule has 0 radical (unpaired) electrons. The van der Waals surface area contributed by atoms with Crippen LogP contribution >= 0.6 is 23.1 Å². The fourth-order valence-corrected chi connectivity index (χ4v) is 4.38. The van der Waals surface area contributed by atoms with E-state index in [-0.39, 0.29) is 5.82 Å². The highest BCUT2D eigenvalue weighted by Gasteiger charge is 2.11. The van der Waals surface area contributed by atoms with Crippen molar-refractivity contribution in [2.75, 3.05) is 0 Å². The van der Waals surface area contributed by atoms with Crippen molar-refractivity contribution in [3.05, 3.63) is 72.3 Å². The van der Waals surface area contributed by atoms with Gasteiger partial charge < -0.3 is 0 Å². The van der Waals surface area contributed by atoms with Gasteiger partial charge in [0.1, 0.15) is 17.0 Å². The molecule has 27 heavy (non-hydrogen) atoms. The van der Waals surface area contributed by atoms with Gasteiger partial charge in [0, 0.05) is 15.2 Å². The molecule has 0 saturated heterocycles. The van der Waals surface area contributed by atoms with Crippen molar-refractivity contribution in [3.8, 4) is 11.4 Å². The third-order valence-electron chi connectivity index (χ3n) is 4.11. The van der Waals surface area contributed by atoms with Crippen LogP contribution in [0.3, 0.4) is 0 Å². The minimum atomic E-state index is -0.232. The second-order valence-electron chi connectivity index (χ2n) is 5.81. The van der Waals surface area contributed by atoms with E-state index in [1.165, 1.54) is 29.2 Å². The Labute approximate surface area is 162 Å². The molecule has 0 aliphatic rings. The monoisotopic (exact) mass is 390 g/mol. The molecule has 0 aliphatic carbocycles. The Bertz CT molecular complexity index is 1290. The number of pyridine rings is 1. The summed E-state index contributed by atoms with van der Waals surface area (Å²) in [6.45, 7) is 0. The van der Waals surface area contributed by atoms with Gasteiger partial charge in [-0.1, -0.05) is 23.9 Å². The summed E-state index contributed by atoms with van der Waals surface area (Å²) in [7, 11) is 0. The van der Waals surface area contributed by atoms with Crippen LogP contribution in [0.2, 0.25) is 0 Å².